The van der Waals surface area contributed by atoms with Gasteiger partial charge in [-0.1, -0.05) is 0 Å². The molecule has 0 saturated heterocycles. The van der Waals surface area contributed by atoms with Crippen LogP contribution in [-0.2, 0) is 0 Å². The predicted octanol–water partition coefficient (Wildman–Crippen LogP) is 2.18. The lowest BCUT2D eigenvalue weighted by atomic mass is 10.2. The van der Waals surface area contributed by atoms with Crippen molar-refractivity contribution in [2.45, 2.75) is 26.4 Å². The zero-order valence-corrected chi connectivity index (χ0v) is 9.69. The van der Waals surface area contributed by atoms with E-state index in [0.717, 1.165) is 11.5 Å². The largest absolute Gasteiger partial charge is 0.494 e. The van der Waals surface area contributed by atoms with Crippen molar-refractivity contribution in [3.63, 3.8) is 0 Å². The average Bonchev–Trinajstić information content (AvgIpc) is 2.20. The average molecular weight is 222 g/mol. The van der Waals surface area contributed by atoms with Gasteiger partial charge in [0.05, 0.1) is 12.4 Å². The first-order valence-corrected chi connectivity index (χ1v) is 5.34. The van der Waals surface area contributed by atoms with Crippen molar-refractivity contribution in [1.82, 2.24) is 0 Å². The summed E-state index contributed by atoms with van der Waals surface area (Å²) >= 11 is 0. The van der Waals surface area contributed by atoms with Crippen LogP contribution < -0.4 is 15.2 Å². The molecule has 1 unspecified atom stereocenters. The van der Waals surface area contributed by atoms with Crippen molar-refractivity contribution < 1.29 is 9.47 Å². The molecule has 0 saturated carbocycles. The Bertz CT molecular complexity index is 335. The fourth-order valence-electron chi connectivity index (χ4n) is 1.36. The Kier molecular flexibility index (Phi) is 4.64. The molecule has 88 valence electrons. The summed E-state index contributed by atoms with van der Waals surface area (Å²) in [7, 11) is 0. The lowest BCUT2D eigenvalue weighted by Crippen LogP contribution is -2.21. The van der Waals surface area contributed by atoms with Crippen molar-refractivity contribution in [1.29, 1.82) is 5.41 Å². The molecule has 0 aliphatic heterocycles. The number of hydrogen-bond donors (Lipinski definition) is 2. The van der Waals surface area contributed by atoms with Crippen LogP contribution >= 0.6 is 0 Å². The first-order chi connectivity index (χ1) is 7.61. The van der Waals surface area contributed by atoms with Gasteiger partial charge in [0.2, 0.25) is 0 Å². The van der Waals surface area contributed by atoms with E-state index in [-0.39, 0.29) is 11.9 Å². The second-order valence-electron chi connectivity index (χ2n) is 3.56. The zero-order chi connectivity index (χ0) is 12.0. The van der Waals surface area contributed by atoms with E-state index in [1.165, 1.54) is 0 Å². The van der Waals surface area contributed by atoms with Crippen LogP contribution in [0.5, 0.6) is 11.5 Å². The highest BCUT2D eigenvalue weighted by Gasteiger charge is 2.05. The maximum atomic E-state index is 7.16. The van der Waals surface area contributed by atoms with E-state index >= 15 is 0 Å². The number of benzene rings is 1. The van der Waals surface area contributed by atoms with Gasteiger partial charge in [0.25, 0.3) is 0 Å². The van der Waals surface area contributed by atoms with Gasteiger partial charge in [-0.05, 0) is 38.1 Å². The van der Waals surface area contributed by atoms with E-state index in [2.05, 4.69) is 0 Å². The van der Waals surface area contributed by atoms with Gasteiger partial charge >= 0.3 is 0 Å². The first kappa shape index (κ1) is 12.4. The molecule has 0 aliphatic rings. The molecule has 0 spiro atoms. The molecule has 1 aromatic carbocycles. The van der Waals surface area contributed by atoms with Gasteiger partial charge in [0.15, 0.2) is 0 Å². The zero-order valence-electron chi connectivity index (χ0n) is 9.69. The Labute approximate surface area is 95.9 Å². The molecular weight excluding hydrogens is 204 g/mol. The van der Waals surface area contributed by atoms with E-state index in [9.17, 15) is 0 Å². The monoisotopic (exact) mass is 222 g/mol. The molecule has 0 radical (unpaired) electrons. The summed E-state index contributed by atoms with van der Waals surface area (Å²) in [5, 5.41) is 7.16. The molecule has 4 heteroatoms. The van der Waals surface area contributed by atoms with Gasteiger partial charge in [0.1, 0.15) is 17.6 Å². The van der Waals surface area contributed by atoms with Gasteiger partial charge in [-0.25, -0.2) is 0 Å². The number of hydrogen-bond acceptors (Lipinski definition) is 3. The normalized spacial score (nSPS) is 11.9. The van der Waals surface area contributed by atoms with Crippen LogP contribution in [0.3, 0.4) is 0 Å². The van der Waals surface area contributed by atoms with E-state index in [4.69, 9.17) is 20.6 Å². The molecule has 0 aliphatic carbocycles. The lowest BCUT2D eigenvalue weighted by molar-refractivity contribution is 0.229. The summed E-state index contributed by atoms with van der Waals surface area (Å²) in [6, 6.07) is 7.42. The highest BCUT2D eigenvalue weighted by Crippen LogP contribution is 2.19. The van der Waals surface area contributed by atoms with Crippen molar-refractivity contribution in [3.8, 4) is 11.5 Å². The van der Waals surface area contributed by atoms with Crippen LogP contribution in [0.25, 0.3) is 0 Å². The topological polar surface area (TPSA) is 68.3 Å². The third kappa shape index (κ3) is 4.21. The predicted molar refractivity (Wildman–Crippen MR) is 64.2 cm³/mol. The van der Waals surface area contributed by atoms with Gasteiger partial charge in [-0.15, -0.1) is 0 Å². The summed E-state index contributed by atoms with van der Waals surface area (Å²) in [5.41, 5.74) is 5.29. The Morgan fingerprint density at radius 3 is 2.38 bits per heavy atom. The smallest absolute Gasteiger partial charge is 0.119 e. The van der Waals surface area contributed by atoms with Crippen LogP contribution in [-0.4, -0.2) is 18.5 Å². The summed E-state index contributed by atoms with van der Waals surface area (Å²) in [4.78, 5) is 0. The molecule has 1 rings (SSSR count). The van der Waals surface area contributed by atoms with Crippen LogP contribution in [0.1, 0.15) is 20.3 Å². The summed E-state index contributed by atoms with van der Waals surface area (Å²) in [6.45, 7) is 4.48. The van der Waals surface area contributed by atoms with Crippen molar-refractivity contribution in [3.05, 3.63) is 24.3 Å². The molecule has 16 heavy (non-hydrogen) atoms. The second-order valence-corrected chi connectivity index (χ2v) is 3.56. The van der Waals surface area contributed by atoms with Crippen LogP contribution in [0.15, 0.2) is 24.3 Å². The van der Waals surface area contributed by atoms with Gasteiger partial charge < -0.3 is 15.2 Å². The van der Waals surface area contributed by atoms with E-state index in [0.29, 0.717) is 13.0 Å². The van der Waals surface area contributed by atoms with Crippen molar-refractivity contribution in [2.24, 2.45) is 5.73 Å². The molecule has 0 aromatic heterocycles. The Morgan fingerprint density at radius 1 is 1.31 bits per heavy atom. The Balaban J connectivity index is 2.51. The molecule has 1 aromatic rings. The fourth-order valence-corrected chi connectivity index (χ4v) is 1.36. The third-order valence-corrected chi connectivity index (χ3v) is 1.98. The Morgan fingerprint density at radius 2 is 1.88 bits per heavy atom. The maximum Gasteiger partial charge on any atom is 0.119 e. The molecule has 0 amide bonds. The fraction of sp³-hybridized carbons (Fsp3) is 0.417. The van der Waals surface area contributed by atoms with Crippen LogP contribution in [0, 0.1) is 5.41 Å². The minimum Gasteiger partial charge on any atom is -0.494 e. The molecular formula is C12H18N2O2. The number of amidine groups is 1. The van der Waals surface area contributed by atoms with Gasteiger partial charge in [-0.3, -0.25) is 5.41 Å². The highest BCUT2D eigenvalue weighted by atomic mass is 16.5. The molecule has 0 fully saturated rings. The highest BCUT2D eigenvalue weighted by molar-refractivity contribution is 5.77. The standard InChI is InChI=1S/C12H18N2O2/c1-3-15-10-4-6-11(7-5-10)16-9(2)8-12(13)14/h4-7,9H,3,8H2,1-2H3,(H3,13,14). The minimum absolute atomic E-state index is 0.0876. The quantitative estimate of drug-likeness (QED) is 0.572. The van der Waals surface area contributed by atoms with E-state index < -0.39 is 0 Å². The Hall–Kier alpha value is -1.71. The minimum atomic E-state index is -0.0876. The van der Waals surface area contributed by atoms with E-state index in [1.54, 1.807) is 0 Å². The third-order valence-electron chi connectivity index (χ3n) is 1.98. The van der Waals surface area contributed by atoms with Crippen LogP contribution in [0.4, 0.5) is 0 Å². The van der Waals surface area contributed by atoms with Crippen molar-refractivity contribution in [2.75, 3.05) is 6.61 Å². The first-order valence-electron chi connectivity index (χ1n) is 5.34. The van der Waals surface area contributed by atoms with E-state index in [1.807, 2.05) is 38.1 Å². The molecule has 3 N–H and O–H groups in total. The summed E-state index contributed by atoms with van der Waals surface area (Å²) in [5.74, 6) is 1.73. The molecule has 0 heterocycles. The summed E-state index contributed by atoms with van der Waals surface area (Å²) < 4.78 is 10.9. The van der Waals surface area contributed by atoms with Gasteiger partial charge in [-0.2, -0.15) is 0 Å². The number of nitrogens with one attached hydrogen (secondary N) is 1. The van der Waals surface area contributed by atoms with Gasteiger partial charge in [0, 0.05) is 6.42 Å². The summed E-state index contributed by atoms with van der Waals surface area (Å²) in [6.07, 6.45) is 0.350. The number of rotatable bonds is 6. The second kappa shape index (κ2) is 6.00. The number of nitrogens with two attached hydrogens (primary N) is 1. The van der Waals surface area contributed by atoms with Crippen LogP contribution in [0.2, 0.25) is 0 Å². The lowest BCUT2D eigenvalue weighted by Gasteiger charge is -2.14. The molecule has 4 nitrogen and oxygen atoms in total. The SMILES string of the molecule is CCOc1ccc(OC(C)CC(=N)N)cc1. The maximum absolute atomic E-state index is 7.16. The number of ether oxygens (including phenoxy) is 2. The molecule has 0 bridgehead atoms. The molecule has 1 atom stereocenters. The van der Waals surface area contributed by atoms with Crippen molar-refractivity contribution >= 4 is 5.84 Å².